The van der Waals surface area contributed by atoms with Gasteiger partial charge in [-0.15, -0.1) is 11.3 Å². The molecule has 1 saturated heterocycles. The lowest BCUT2D eigenvalue weighted by atomic mass is 10.0. The summed E-state index contributed by atoms with van der Waals surface area (Å²) in [6, 6.07) is 0.0783. The summed E-state index contributed by atoms with van der Waals surface area (Å²) in [6.45, 7) is 10.3. The lowest BCUT2D eigenvalue weighted by Crippen LogP contribution is -2.45. The Morgan fingerprint density at radius 1 is 1.22 bits per heavy atom. The number of thiazole rings is 1. The zero-order chi connectivity index (χ0) is 23.8. The van der Waals surface area contributed by atoms with Crippen molar-refractivity contribution in [3.63, 3.8) is 0 Å². The SMILES string of the molecule is C=C(NC(=O)c1csc(N2CCC(N(C)C(=O)OCC)CC2)n1)C(=O)NC(=C)C(=O)OC. The number of amides is 3. The van der Waals surface area contributed by atoms with Gasteiger partial charge in [0.25, 0.3) is 11.8 Å². The van der Waals surface area contributed by atoms with E-state index in [-0.39, 0.29) is 29.2 Å². The zero-order valence-corrected chi connectivity index (χ0v) is 19.1. The molecule has 0 aliphatic carbocycles. The first-order chi connectivity index (χ1) is 15.2. The maximum Gasteiger partial charge on any atom is 0.409 e. The number of piperidine rings is 1. The van der Waals surface area contributed by atoms with E-state index in [1.807, 2.05) is 4.90 Å². The fourth-order valence-electron chi connectivity index (χ4n) is 2.98. The fourth-order valence-corrected chi connectivity index (χ4v) is 3.84. The molecule has 0 radical (unpaired) electrons. The average molecular weight is 466 g/mol. The quantitative estimate of drug-likeness (QED) is 0.433. The molecule has 11 nitrogen and oxygen atoms in total. The monoisotopic (exact) mass is 465 g/mol. The van der Waals surface area contributed by atoms with Crippen molar-refractivity contribution in [2.24, 2.45) is 0 Å². The van der Waals surface area contributed by atoms with Crippen LogP contribution in [0.3, 0.4) is 0 Å². The zero-order valence-electron chi connectivity index (χ0n) is 18.3. The molecule has 1 aromatic heterocycles. The van der Waals surface area contributed by atoms with Gasteiger partial charge in [-0.3, -0.25) is 9.59 Å². The van der Waals surface area contributed by atoms with Crippen LogP contribution in [0, 0.1) is 0 Å². The van der Waals surface area contributed by atoms with E-state index in [1.165, 1.54) is 11.3 Å². The van der Waals surface area contributed by atoms with Crippen LogP contribution in [0.4, 0.5) is 9.93 Å². The van der Waals surface area contributed by atoms with Crippen LogP contribution in [-0.2, 0) is 19.1 Å². The Morgan fingerprint density at radius 2 is 1.88 bits per heavy atom. The number of hydrogen-bond donors (Lipinski definition) is 2. The number of ether oxygens (including phenoxy) is 2. The van der Waals surface area contributed by atoms with E-state index in [2.05, 4.69) is 33.5 Å². The third kappa shape index (κ3) is 6.30. The number of esters is 1. The second-order valence-electron chi connectivity index (χ2n) is 6.90. The number of hydrogen-bond acceptors (Lipinski definition) is 9. The normalized spacial score (nSPS) is 13.7. The molecule has 1 aliphatic rings. The number of carbonyl (C=O) groups excluding carboxylic acids is 4. The molecular formula is C20H27N5O6S. The van der Waals surface area contributed by atoms with E-state index in [0.717, 1.165) is 20.0 Å². The van der Waals surface area contributed by atoms with Gasteiger partial charge < -0.3 is 29.9 Å². The Kier molecular flexibility index (Phi) is 8.76. The lowest BCUT2D eigenvalue weighted by molar-refractivity contribution is -0.137. The van der Waals surface area contributed by atoms with Gasteiger partial charge in [0.05, 0.1) is 19.4 Å². The standard InChI is InChI=1S/C20H27N5O6S/c1-6-31-20(29)24(4)14-7-9-25(10-8-14)19-23-15(11-32-19)17(27)21-12(2)16(26)22-13(3)18(28)30-5/h11,14H,2-3,6-10H2,1,4-5H3,(H,21,27)(H,22,26). The molecule has 1 fully saturated rings. The van der Waals surface area contributed by atoms with Gasteiger partial charge in [-0.05, 0) is 19.8 Å². The predicted octanol–water partition coefficient (Wildman–Crippen LogP) is 1.25. The molecule has 174 valence electrons. The first-order valence-electron chi connectivity index (χ1n) is 9.86. The highest BCUT2D eigenvalue weighted by atomic mass is 32.1. The van der Waals surface area contributed by atoms with Gasteiger partial charge in [0, 0.05) is 31.6 Å². The topological polar surface area (TPSA) is 130 Å². The van der Waals surface area contributed by atoms with E-state index < -0.39 is 17.8 Å². The summed E-state index contributed by atoms with van der Waals surface area (Å²) >= 11 is 1.30. The summed E-state index contributed by atoms with van der Waals surface area (Å²) in [6.07, 6.45) is 1.16. The van der Waals surface area contributed by atoms with Crippen LogP contribution < -0.4 is 15.5 Å². The van der Waals surface area contributed by atoms with Crippen LogP contribution in [0.2, 0.25) is 0 Å². The minimum absolute atomic E-state index is 0.0783. The third-order valence-electron chi connectivity index (χ3n) is 4.80. The molecule has 1 aromatic rings. The van der Waals surface area contributed by atoms with Crippen molar-refractivity contribution in [1.29, 1.82) is 0 Å². The molecule has 0 atom stereocenters. The Balaban J connectivity index is 1.88. The van der Waals surface area contributed by atoms with Gasteiger partial charge in [-0.2, -0.15) is 0 Å². The predicted molar refractivity (Wildman–Crippen MR) is 118 cm³/mol. The molecule has 3 amide bonds. The molecule has 2 N–H and O–H groups in total. The average Bonchev–Trinajstić information content (AvgIpc) is 3.28. The number of methoxy groups -OCH3 is 1. The maximum atomic E-state index is 12.4. The molecule has 0 aromatic carbocycles. The van der Waals surface area contributed by atoms with Gasteiger partial charge in [-0.25, -0.2) is 14.6 Å². The first kappa shape index (κ1) is 24.9. The minimum Gasteiger partial charge on any atom is -0.464 e. The smallest absolute Gasteiger partial charge is 0.409 e. The second-order valence-corrected chi connectivity index (χ2v) is 7.74. The Morgan fingerprint density at radius 3 is 2.47 bits per heavy atom. The van der Waals surface area contributed by atoms with Crippen LogP contribution in [0.25, 0.3) is 0 Å². The minimum atomic E-state index is -0.807. The van der Waals surface area contributed by atoms with Crippen molar-refractivity contribution in [2.75, 3.05) is 38.8 Å². The molecule has 2 heterocycles. The summed E-state index contributed by atoms with van der Waals surface area (Å²) < 4.78 is 9.48. The molecule has 0 saturated carbocycles. The summed E-state index contributed by atoms with van der Waals surface area (Å²) in [7, 11) is 2.88. The Labute approximate surface area is 190 Å². The highest BCUT2D eigenvalue weighted by Gasteiger charge is 2.27. The van der Waals surface area contributed by atoms with Crippen LogP contribution in [0.1, 0.15) is 30.3 Å². The van der Waals surface area contributed by atoms with Gasteiger partial charge in [0.2, 0.25) is 0 Å². The van der Waals surface area contributed by atoms with Gasteiger partial charge in [-0.1, -0.05) is 13.2 Å². The number of nitrogens with zero attached hydrogens (tertiary/aromatic N) is 3. The second kappa shape index (κ2) is 11.3. The Bertz CT molecular complexity index is 906. The van der Waals surface area contributed by atoms with Crippen molar-refractivity contribution in [3.8, 4) is 0 Å². The van der Waals surface area contributed by atoms with E-state index in [0.29, 0.717) is 24.8 Å². The molecular weight excluding hydrogens is 438 g/mol. The van der Waals surface area contributed by atoms with E-state index in [4.69, 9.17) is 4.74 Å². The first-order valence-corrected chi connectivity index (χ1v) is 10.7. The molecule has 0 bridgehead atoms. The summed E-state index contributed by atoms with van der Waals surface area (Å²) in [4.78, 5) is 55.6. The number of nitrogens with one attached hydrogen (secondary N) is 2. The number of rotatable bonds is 8. The molecule has 1 aliphatic heterocycles. The van der Waals surface area contributed by atoms with Gasteiger partial charge in [0.15, 0.2) is 5.13 Å². The van der Waals surface area contributed by atoms with Gasteiger partial charge in [0.1, 0.15) is 11.4 Å². The number of carbonyl (C=O) groups is 4. The molecule has 12 heteroatoms. The van der Waals surface area contributed by atoms with Crippen LogP contribution in [0.5, 0.6) is 0 Å². The van der Waals surface area contributed by atoms with Crippen LogP contribution >= 0.6 is 11.3 Å². The Hall–Kier alpha value is -3.41. The number of anilines is 1. The number of aromatic nitrogens is 1. The van der Waals surface area contributed by atoms with E-state index in [1.54, 1.807) is 24.3 Å². The summed E-state index contributed by atoms with van der Waals surface area (Å²) in [5, 5.41) is 6.79. The van der Waals surface area contributed by atoms with Crippen molar-refractivity contribution in [2.45, 2.75) is 25.8 Å². The van der Waals surface area contributed by atoms with Crippen molar-refractivity contribution in [3.05, 3.63) is 35.6 Å². The fraction of sp³-hybridized carbons (Fsp3) is 0.450. The highest BCUT2D eigenvalue weighted by molar-refractivity contribution is 7.13. The largest absolute Gasteiger partial charge is 0.464 e. The van der Waals surface area contributed by atoms with Crippen LogP contribution in [0.15, 0.2) is 29.9 Å². The van der Waals surface area contributed by atoms with E-state index >= 15 is 0 Å². The van der Waals surface area contributed by atoms with Crippen molar-refractivity contribution >= 4 is 40.3 Å². The summed E-state index contributed by atoms with van der Waals surface area (Å²) in [5.41, 5.74) is -0.408. The maximum absolute atomic E-state index is 12.4. The van der Waals surface area contributed by atoms with Gasteiger partial charge >= 0.3 is 12.1 Å². The third-order valence-corrected chi connectivity index (χ3v) is 5.70. The molecule has 0 spiro atoms. The van der Waals surface area contributed by atoms with Crippen LogP contribution in [-0.4, -0.2) is 73.7 Å². The lowest BCUT2D eigenvalue weighted by Gasteiger charge is -2.36. The van der Waals surface area contributed by atoms with Crippen molar-refractivity contribution in [1.82, 2.24) is 20.5 Å². The molecule has 0 unspecified atom stereocenters. The molecule has 2 rings (SSSR count). The summed E-state index contributed by atoms with van der Waals surface area (Å²) in [5.74, 6) is -2.20. The van der Waals surface area contributed by atoms with Crippen molar-refractivity contribution < 1.29 is 28.7 Å². The molecule has 32 heavy (non-hydrogen) atoms. The highest BCUT2D eigenvalue weighted by Crippen LogP contribution is 2.26. The van der Waals surface area contributed by atoms with E-state index in [9.17, 15) is 19.2 Å².